The Labute approximate surface area is 229 Å². The van der Waals surface area contributed by atoms with Gasteiger partial charge in [0.2, 0.25) is 10.0 Å². The van der Waals surface area contributed by atoms with Crippen LogP contribution < -0.4 is 30.7 Å². The van der Waals surface area contributed by atoms with Crippen LogP contribution >= 0.6 is 0 Å². The van der Waals surface area contributed by atoms with Gasteiger partial charge in [0.05, 0.1) is 36.1 Å². The fourth-order valence-electron chi connectivity index (χ4n) is 4.20. The highest BCUT2D eigenvalue weighted by molar-refractivity contribution is 7.92. The van der Waals surface area contributed by atoms with Crippen LogP contribution in [-0.4, -0.2) is 32.7 Å². The summed E-state index contributed by atoms with van der Waals surface area (Å²) >= 11 is 0. The summed E-state index contributed by atoms with van der Waals surface area (Å²) in [5, 5.41) is 4.73. The van der Waals surface area contributed by atoms with Crippen LogP contribution in [0, 0.1) is 13.8 Å². The number of hydrogen-bond acceptors (Lipinski definition) is 8. The zero-order valence-corrected chi connectivity index (χ0v) is 23.9. The van der Waals surface area contributed by atoms with E-state index in [9.17, 15) is 13.2 Å². The van der Waals surface area contributed by atoms with Crippen molar-refractivity contribution < 1.29 is 17.9 Å². The first-order valence-electron chi connectivity index (χ1n) is 12.3. The van der Waals surface area contributed by atoms with E-state index in [-0.39, 0.29) is 22.8 Å². The molecular formula is C28H34N6O4S. The SMILES string of the molecule is COc1c(NC(=O)c2ccc(C)c(N3C=C(c4cccnc4C)NN3)c2)cc(C(C)(C)C)cc1NS(C)(=O)=O. The van der Waals surface area contributed by atoms with Gasteiger partial charge in [-0.05, 0) is 66.8 Å². The Bertz CT molecular complexity index is 1560. The first kappa shape index (κ1) is 27.9. The second-order valence-corrected chi connectivity index (χ2v) is 12.2. The van der Waals surface area contributed by atoms with E-state index in [1.807, 2.05) is 64.0 Å². The van der Waals surface area contributed by atoms with E-state index in [2.05, 4.69) is 26.0 Å². The number of nitrogens with one attached hydrogen (secondary N) is 4. The summed E-state index contributed by atoms with van der Waals surface area (Å²) in [6.45, 7) is 9.91. The number of rotatable bonds is 7. The molecule has 0 saturated carbocycles. The minimum Gasteiger partial charge on any atom is -0.492 e. The van der Waals surface area contributed by atoms with Gasteiger partial charge in [-0.15, -0.1) is 5.53 Å². The molecule has 1 aromatic heterocycles. The third-order valence-electron chi connectivity index (χ3n) is 6.30. The molecule has 3 aromatic rings. The summed E-state index contributed by atoms with van der Waals surface area (Å²) in [5.41, 5.74) is 12.3. The standard InChI is InChI=1S/C28H34N6O4S/c1-17-10-11-19(13-25(17)34-16-24(31-33-34)21-9-8-12-29-18(21)2)27(35)30-22-14-20(28(3,4)5)15-23(26(22)38-6)32-39(7,36)37/h8-16,31-33H,1-7H3,(H,30,35). The maximum atomic E-state index is 13.5. The minimum absolute atomic E-state index is 0.221. The van der Waals surface area contributed by atoms with E-state index in [1.54, 1.807) is 30.5 Å². The van der Waals surface area contributed by atoms with Crippen LogP contribution in [0.1, 0.15) is 53.5 Å². The molecule has 4 rings (SSSR count). The molecule has 206 valence electrons. The van der Waals surface area contributed by atoms with Crippen LogP contribution in [0.3, 0.4) is 0 Å². The lowest BCUT2D eigenvalue weighted by molar-refractivity contribution is 0.102. The molecule has 1 amide bonds. The van der Waals surface area contributed by atoms with Crippen LogP contribution in [0.5, 0.6) is 5.75 Å². The number of hydrogen-bond donors (Lipinski definition) is 4. The molecule has 0 aliphatic carbocycles. The smallest absolute Gasteiger partial charge is 0.255 e. The molecule has 4 N–H and O–H groups in total. The van der Waals surface area contributed by atoms with Gasteiger partial charge < -0.3 is 15.5 Å². The lowest BCUT2D eigenvalue weighted by Gasteiger charge is -2.24. The minimum atomic E-state index is -3.59. The van der Waals surface area contributed by atoms with Crippen LogP contribution in [0.4, 0.5) is 17.1 Å². The number of aromatic nitrogens is 1. The molecule has 2 heterocycles. The highest BCUT2D eigenvalue weighted by Gasteiger charge is 2.23. The van der Waals surface area contributed by atoms with Gasteiger partial charge in [0.1, 0.15) is 0 Å². The number of ether oxygens (including phenoxy) is 1. The first-order valence-corrected chi connectivity index (χ1v) is 14.2. The fraction of sp³-hybridized carbons (Fsp3) is 0.286. The molecule has 0 unspecified atom stereocenters. The molecule has 0 spiro atoms. The van der Waals surface area contributed by atoms with Crippen molar-refractivity contribution in [3.8, 4) is 5.75 Å². The first-order chi connectivity index (χ1) is 18.3. The van der Waals surface area contributed by atoms with E-state index in [0.717, 1.165) is 40.0 Å². The van der Waals surface area contributed by atoms with E-state index in [1.165, 1.54) is 7.11 Å². The number of benzene rings is 2. The van der Waals surface area contributed by atoms with Crippen molar-refractivity contribution in [3.63, 3.8) is 0 Å². The molecular weight excluding hydrogens is 516 g/mol. The molecule has 11 heteroatoms. The van der Waals surface area contributed by atoms with Gasteiger partial charge in [-0.3, -0.25) is 19.5 Å². The van der Waals surface area contributed by atoms with Crippen molar-refractivity contribution in [2.24, 2.45) is 0 Å². The average Bonchev–Trinajstić information content (AvgIpc) is 3.32. The van der Waals surface area contributed by atoms with E-state index < -0.39 is 10.0 Å². The molecule has 1 aliphatic rings. The quantitative estimate of drug-likeness (QED) is 0.340. The number of carbonyl (C=O) groups is 1. The highest BCUT2D eigenvalue weighted by atomic mass is 32.2. The number of carbonyl (C=O) groups excluding carboxylic acids is 1. The number of methoxy groups -OCH3 is 1. The predicted octanol–water partition coefficient (Wildman–Crippen LogP) is 4.46. The zero-order chi connectivity index (χ0) is 28.5. The third-order valence-corrected chi connectivity index (χ3v) is 6.89. The van der Waals surface area contributed by atoms with Crippen LogP contribution in [0.2, 0.25) is 0 Å². The largest absolute Gasteiger partial charge is 0.492 e. The molecule has 0 bridgehead atoms. The maximum Gasteiger partial charge on any atom is 0.255 e. The predicted molar refractivity (Wildman–Crippen MR) is 155 cm³/mol. The number of nitrogens with zero attached hydrogens (tertiary/aromatic N) is 2. The molecule has 2 aromatic carbocycles. The lowest BCUT2D eigenvalue weighted by atomic mass is 9.86. The third kappa shape index (κ3) is 6.32. The second kappa shape index (κ2) is 10.6. The second-order valence-electron chi connectivity index (χ2n) is 10.5. The van der Waals surface area contributed by atoms with Gasteiger partial charge in [0, 0.05) is 29.2 Å². The van der Waals surface area contributed by atoms with Gasteiger partial charge >= 0.3 is 0 Å². The summed E-state index contributed by atoms with van der Waals surface area (Å²) in [6, 6.07) is 12.8. The Balaban J connectivity index is 1.68. The van der Waals surface area contributed by atoms with Crippen LogP contribution in [-0.2, 0) is 15.4 Å². The molecule has 0 atom stereocenters. The molecule has 0 fully saturated rings. The van der Waals surface area contributed by atoms with Crippen molar-refractivity contribution in [1.29, 1.82) is 0 Å². The number of aryl methyl sites for hydroxylation is 2. The number of amides is 1. The van der Waals surface area contributed by atoms with Crippen LogP contribution in [0.25, 0.3) is 5.70 Å². The summed E-state index contributed by atoms with van der Waals surface area (Å²) < 4.78 is 32.1. The van der Waals surface area contributed by atoms with Gasteiger partial charge in [0.25, 0.3) is 5.91 Å². The van der Waals surface area contributed by atoms with Gasteiger partial charge in [-0.25, -0.2) is 8.42 Å². The Morgan fingerprint density at radius 1 is 1.08 bits per heavy atom. The number of hydrazine groups is 2. The number of sulfonamides is 1. The molecule has 0 radical (unpaired) electrons. The van der Waals surface area contributed by atoms with E-state index in [0.29, 0.717) is 11.3 Å². The van der Waals surface area contributed by atoms with E-state index >= 15 is 0 Å². The van der Waals surface area contributed by atoms with Crippen molar-refractivity contribution in [3.05, 3.63) is 82.8 Å². The van der Waals surface area contributed by atoms with E-state index in [4.69, 9.17) is 4.74 Å². The Morgan fingerprint density at radius 2 is 1.79 bits per heavy atom. The zero-order valence-electron chi connectivity index (χ0n) is 23.1. The van der Waals surface area contributed by atoms with Gasteiger partial charge in [-0.2, -0.15) is 0 Å². The lowest BCUT2D eigenvalue weighted by Crippen LogP contribution is -2.36. The van der Waals surface area contributed by atoms with Gasteiger partial charge in [0.15, 0.2) is 5.75 Å². The molecule has 39 heavy (non-hydrogen) atoms. The molecule has 0 saturated heterocycles. The summed E-state index contributed by atoms with van der Waals surface area (Å²) in [6.07, 6.45) is 4.73. The summed E-state index contributed by atoms with van der Waals surface area (Å²) in [4.78, 5) is 17.8. The highest BCUT2D eigenvalue weighted by Crippen LogP contribution is 2.39. The monoisotopic (exact) mass is 550 g/mol. The number of pyridine rings is 1. The Morgan fingerprint density at radius 3 is 2.44 bits per heavy atom. The Kier molecular flexibility index (Phi) is 7.58. The summed E-state index contributed by atoms with van der Waals surface area (Å²) in [7, 11) is -2.16. The maximum absolute atomic E-state index is 13.5. The van der Waals surface area contributed by atoms with Gasteiger partial charge in [-0.1, -0.05) is 26.8 Å². The van der Waals surface area contributed by atoms with Crippen molar-refractivity contribution in [2.45, 2.75) is 40.0 Å². The van der Waals surface area contributed by atoms with Crippen molar-refractivity contribution >= 4 is 38.7 Å². The van der Waals surface area contributed by atoms with Crippen molar-refractivity contribution in [2.75, 3.05) is 28.4 Å². The summed E-state index contributed by atoms with van der Waals surface area (Å²) in [5.74, 6) is -0.149. The Hall–Kier alpha value is -4.09. The average molecular weight is 551 g/mol. The van der Waals surface area contributed by atoms with Crippen molar-refractivity contribution in [1.82, 2.24) is 15.9 Å². The topological polar surface area (TPSA) is 125 Å². The normalized spacial score (nSPS) is 13.5. The van der Waals surface area contributed by atoms with Crippen LogP contribution in [0.15, 0.2) is 54.9 Å². The fourth-order valence-corrected chi connectivity index (χ4v) is 4.76. The number of anilines is 3. The molecule has 1 aliphatic heterocycles. The molecule has 10 nitrogen and oxygen atoms in total.